The minimum Gasteiger partial charge on any atom is -0.370 e. The topological polar surface area (TPSA) is 165 Å². The summed E-state index contributed by atoms with van der Waals surface area (Å²) < 4.78 is 30.0. The molecule has 0 spiro atoms. The average Bonchev–Trinajstić information content (AvgIpc) is 2.84. The molecule has 212 valence electrons. The molecular weight excluding hydrogens is 506 g/mol. The largest absolute Gasteiger partial charge is 0.370 e. The van der Waals surface area contributed by atoms with Crippen molar-refractivity contribution in [1.82, 2.24) is 14.9 Å². The van der Waals surface area contributed by atoms with Crippen molar-refractivity contribution >= 4 is 27.7 Å². The summed E-state index contributed by atoms with van der Waals surface area (Å²) >= 11 is 0. The second kappa shape index (κ2) is 12.6. The zero-order valence-electron chi connectivity index (χ0n) is 22.7. The van der Waals surface area contributed by atoms with E-state index >= 15 is 0 Å². The highest BCUT2D eigenvalue weighted by Gasteiger charge is 2.47. The number of nitrogens with two attached hydrogens (primary N) is 2. The highest BCUT2D eigenvalue weighted by molar-refractivity contribution is 7.89. The van der Waals surface area contributed by atoms with Crippen LogP contribution in [-0.2, 0) is 30.8 Å². The number of primary amides is 1. The number of hydrogen-bond acceptors (Lipinski definition) is 6. The molecule has 1 saturated heterocycles. The molecule has 0 radical (unpaired) electrons. The Hall–Kier alpha value is -2.50. The molecule has 11 heteroatoms. The maximum absolute atomic E-state index is 14.3. The summed E-state index contributed by atoms with van der Waals surface area (Å²) in [6.45, 7) is 5.70. The number of carbonyl (C=O) groups is 3. The van der Waals surface area contributed by atoms with E-state index in [1.54, 1.807) is 0 Å². The van der Waals surface area contributed by atoms with Crippen LogP contribution < -0.4 is 22.1 Å². The lowest BCUT2D eigenvalue weighted by Gasteiger charge is -2.46. The standard InChI is InChI=1S/C27H43N5O5S/c1-27(2,3)31-26(35)23-14-19-11-7-8-12-20(19)17-32(23)38(36,37)21(13-18-9-5-4-6-10-18)16-30-25(34)22(28)15-24(29)33/h4-6,9-10,19-23H,7-8,11-17,28H2,1-3H3,(H2,29,33)(H,30,34)(H,31,35)/t19-,20+,21-,22-,23-/m0/s1. The molecule has 1 saturated carbocycles. The maximum Gasteiger partial charge on any atom is 0.238 e. The van der Waals surface area contributed by atoms with Gasteiger partial charge in [-0.1, -0.05) is 49.6 Å². The van der Waals surface area contributed by atoms with Gasteiger partial charge in [-0.05, 0) is 57.4 Å². The lowest BCUT2D eigenvalue weighted by Crippen LogP contribution is -2.61. The van der Waals surface area contributed by atoms with Crippen molar-refractivity contribution in [2.45, 2.75) is 88.6 Å². The number of nitrogens with one attached hydrogen (secondary N) is 2. The molecule has 2 aliphatic rings. The first-order valence-corrected chi connectivity index (χ1v) is 15.0. The van der Waals surface area contributed by atoms with Crippen molar-refractivity contribution in [2.24, 2.45) is 23.3 Å². The Balaban J connectivity index is 1.91. The van der Waals surface area contributed by atoms with Gasteiger partial charge >= 0.3 is 0 Å². The molecule has 6 N–H and O–H groups in total. The van der Waals surface area contributed by atoms with Crippen LogP contribution >= 0.6 is 0 Å². The van der Waals surface area contributed by atoms with E-state index < -0.39 is 44.7 Å². The summed E-state index contributed by atoms with van der Waals surface area (Å²) in [6, 6.07) is 7.18. The zero-order valence-corrected chi connectivity index (χ0v) is 23.5. The summed E-state index contributed by atoms with van der Waals surface area (Å²) in [5.74, 6) is -1.15. The Labute approximate surface area is 226 Å². The van der Waals surface area contributed by atoms with Crippen molar-refractivity contribution in [3.8, 4) is 0 Å². The second-order valence-corrected chi connectivity index (χ2v) is 13.9. The average molecular weight is 550 g/mol. The fourth-order valence-electron chi connectivity index (χ4n) is 5.58. The Kier molecular flexibility index (Phi) is 9.94. The van der Waals surface area contributed by atoms with Gasteiger partial charge in [0.25, 0.3) is 0 Å². The SMILES string of the molecule is CC(C)(C)NC(=O)[C@@H]1C[C@@H]2CCCC[C@@H]2CN1S(=O)(=O)[C@H](CNC(=O)[C@@H](N)CC(N)=O)Cc1ccccc1. The first-order valence-electron chi connectivity index (χ1n) is 13.5. The van der Waals surface area contributed by atoms with Crippen molar-refractivity contribution in [3.05, 3.63) is 35.9 Å². The Morgan fingerprint density at radius 1 is 1.08 bits per heavy atom. The minimum absolute atomic E-state index is 0.146. The molecule has 0 unspecified atom stereocenters. The Bertz CT molecular complexity index is 1090. The molecule has 1 aromatic carbocycles. The Morgan fingerprint density at radius 2 is 1.71 bits per heavy atom. The van der Waals surface area contributed by atoms with Crippen LogP contribution in [0.4, 0.5) is 0 Å². The molecule has 10 nitrogen and oxygen atoms in total. The first-order chi connectivity index (χ1) is 17.8. The van der Waals surface area contributed by atoms with Crippen molar-refractivity contribution < 1.29 is 22.8 Å². The third kappa shape index (κ3) is 8.00. The van der Waals surface area contributed by atoms with Gasteiger partial charge in [0.1, 0.15) is 6.04 Å². The molecule has 1 aliphatic carbocycles. The van der Waals surface area contributed by atoms with E-state index in [0.717, 1.165) is 31.2 Å². The summed E-state index contributed by atoms with van der Waals surface area (Å²) in [5.41, 5.74) is 11.2. The minimum atomic E-state index is -4.04. The zero-order chi connectivity index (χ0) is 28.1. The van der Waals surface area contributed by atoms with E-state index in [2.05, 4.69) is 10.6 Å². The van der Waals surface area contributed by atoms with Crippen LogP contribution in [0.5, 0.6) is 0 Å². The van der Waals surface area contributed by atoms with E-state index in [-0.39, 0.29) is 37.8 Å². The predicted molar refractivity (Wildman–Crippen MR) is 146 cm³/mol. The van der Waals surface area contributed by atoms with Gasteiger partial charge in [0.05, 0.1) is 17.7 Å². The van der Waals surface area contributed by atoms with Gasteiger partial charge in [0.2, 0.25) is 27.7 Å². The molecule has 38 heavy (non-hydrogen) atoms. The quantitative estimate of drug-likeness (QED) is 0.340. The van der Waals surface area contributed by atoms with Crippen LogP contribution in [0, 0.1) is 11.8 Å². The summed E-state index contributed by atoms with van der Waals surface area (Å²) in [4.78, 5) is 37.2. The van der Waals surface area contributed by atoms with Gasteiger partial charge < -0.3 is 22.1 Å². The fraction of sp³-hybridized carbons (Fsp3) is 0.667. The van der Waals surface area contributed by atoms with Crippen LogP contribution in [0.15, 0.2) is 30.3 Å². The number of sulfonamides is 1. The summed E-state index contributed by atoms with van der Waals surface area (Å²) in [5, 5.41) is 4.57. The smallest absolute Gasteiger partial charge is 0.238 e. The van der Waals surface area contributed by atoms with E-state index in [9.17, 15) is 22.8 Å². The summed E-state index contributed by atoms with van der Waals surface area (Å²) in [7, 11) is -4.04. The first kappa shape index (κ1) is 30.0. The van der Waals surface area contributed by atoms with Crippen LogP contribution in [0.25, 0.3) is 0 Å². The molecule has 1 aliphatic heterocycles. The molecule has 1 aromatic rings. The van der Waals surface area contributed by atoms with E-state index in [1.807, 2.05) is 51.1 Å². The van der Waals surface area contributed by atoms with Gasteiger partial charge in [-0.3, -0.25) is 14.4 Å². The predicted octanol–water partition coefficient (Wildman–Crippen LogP) is 1.04. The number of nitrogens with zero attached hydrogens (tertiary/aromatic N) is 1. The van der Waals surface area contributed by atoms with E-state index in [0.29, 0.717) is 12.3 Å². The second-order valence-electron chi connectivity index (χ2n) is 11.7. The lowest BCUT2D eigenvalue weighted by molar-refractivity contribution is -0.129. The third-order valence-electron chi connectivity index (χ3n) is 7.47. The highest BCUT2D eigenvalue weighted by Crippen LogP contribution is 2.40. The van der Waals surface area contributed by atoms with E-state index in [4.69, 9.17) is 11.5 Å². The Morgan fingerprint density at radius 3 is 2.32 bits per heavy atom. The van der Waals surface area contributed by atoms with Crippen molar-refractivity contribution in [3.63, 3.8) is 0 Å². The molecule has 0 aromatic heterocycles. The maximum atomic E-state index is 14.3. The normalized spacial score (nSPS) is 24.1. The summed E-state index contributed by atoms with van der Waals surface area (Å²) in [6.07, 6.45) is 4.37. The number of carbonyl (C=O) groups excluding carboxylic acids is 3. The van der Waals surface area contributed by atoms with Crippen molar-refractivity contribution in [1.29, 1.82) is 0 Å². The van der Waals surface area contributed by atoms with Gasteiger partial charge in [-0.25, -0.2) is 8.42 Å². The molecule has 5 atom stereocenters. The number of benzene rings is 1. The number of piperidine rings is 1. The van der Waals surface area contributed by atoms with Crippen LogP contribution in [0.3, 0.4) is 0 Å². The van der Waals surface area contributed by atoms with Gasteiger partial charge in [-0.15, -0.1) is 0 Å². The number of amides is 3. The number of fused-ring (bicyclic) bond motifs is 1. The van der Waals surface area contributed by atoms with Crippen molar-refractivity contribution in [2.75, 3.05) is 13.1 Å². The van der Waals surface area contributed by atoms with Crippen LogP contribution in [0.2, 0.25) is 0 Å². The van der Waals surface area contributed by atoms with E-state index in [1.165, 1.54) is 4.31 Å². The number of hydrogen-bond donors (Lipinski definition) is 4. The van der Waals surface area contributed by atoms with Crippen LogP contribution in [0.1, 0.15) is 64.9 Å². The third-order valence-corrected chi connectivity index (χ3v) is 9.70. The molecule has 3 rings (SSSR count). The number of rotatable bonds is 10. The molecular formula is C27H43N5O5S. The monoisotopic (exact) mass is 549 g/mol. The molecule has 3 amide bonds. The van der Waals surface area contributed by atoms with Crippen LogP contribution in [-0.4, -0.2) is 66.4 Å². The molecule has 1 heterocycles. The lowest BCUT2D eigenvalue weighted by atomic mass is 9.73. The fourth-order valence-corrected chi connectivity index (χ4v) is 7.59. The molecule has 0 bridgehead atoms. The highest BCUT2D eigenvalue weighted by atomic mass is 32.2. The van der Waals surface area contributed by atoms with Gasteiger partial charge in [0, 0.05) is 18.6 Å². The molecule has 2 fully saturated rings. The van der Waals surface area contributed by atoms with Gasteiger partial charge in [0.15, 0.2) is 0 Å². The van der Waals surface area contributed by atoms with Gasteiger partial charge in [-0.2, -0.15) is 4.31 Å².